The summed E-state index contributed by atoms with van der Waals surface area (Å²) in [4.78, 5) is 14.0. The number of rotatable bonds is 8. The fraction of sp³-hybridized carbons (Fsp3) is 0.611. The van der Waals surface area contributed by atoms with Gasteiger partial charge in [-0.05, 0) is 12.0 Å². The Bertz CT molecular complexity index is 739. The van der Waals surface area contributed by atoms with E-state index >= 15 is 0 Å². The molecular weight excluding hydrogens is 356 g/mol. The van der Waals surface area contributed by atoms with Crippen molar-refractivity contribution in [2.24, 2.45) is 11.3 Å². The summed E-state index contributed by atoms with van der Waals surface area (Å²) in [6.07, 6.45) is 1.97. The van der Waals surface area contributed by atoms with Crippen molar-refractivity contribution in [3.63, 3.8) is 0 Å². The maximum Gasteiger partial charge on any atom is 0.312 e. The molecule has 3 rings (SSSR count). The largest absolute Gasteiger partial charge is 0.481 e. The first-order chi connectivity index (χ1) is 12.3. The third-order valence-electron chi connectivity index (χ3n) is 5.42. The van der Waals surface area contributed by atoms with E-state index in [-0.39, 0.29) is 12.5 Å². The molecule has 2 fully saturated rings. The number of carboxylic acids is 1. The van der Waals surface area contributed by atoms with Gasteiger partial charge in [-0.3, -0.25) is 4.79 Å². The molecule has 144 valence electrons. The van der Waals surface area contributed by atoms with Crippen LogP contribution in [0.15, 0.2) is 30.3 Å². The minimum absolute atomic E-state index is 0.0762. The lowest BCUT2D eigenvalue weighted by molar-refractivity contribution is -0.148. The number of hydrogen-bond acceptors (Lipinski definition) is 5. The van der Waals surface area contributed by atoms with Gasteiger partial charge in [0.25, 0.3) is 0 Å². The average Bonchev–Trinajstić information content (AvgIpc) is 3.10. The van der Waals surface area contributed by atoms with Crippen molar-refractivity contribution < 1.29 is 23.1 Å². The van der Waals surface area contributed by atoms with E-state index in [0.717, 1.165) is 24.8 Å². The molecule has 8 heteroatoms. The molecule has 1 N–H and O–H groups in total. The molecule has 1 aromatic rings. The number of carbonyl (C=O) groups is 1. The first-order valence-electron chi connectivity index (χ1n) is 8.84. The molecule has 2 aliphatic heterocycles. The minimum Gasteiger partial charge on any atom is -0.481 e. The third-order valence-corrected chi connectivity index (χ3v) is 6.63. The van der Waals surface area contributed by atoms with Gasteiger partial charge in [-0.15, -0.1) is 0 Å². The molecule has 26 heavy (non-hydrogen) atoms. The number of benzene rings is 1. The van der Waals surface area contributed by atoms with Crippen LogP contribution in [0.4, 0.5) is 0 Å². The third kappa shape index (κ3) is 4.09. The van der Waals surface area contributed by atoms with Gasteiger partial charge in [0.05, 0.1) is 18.3 Å². The number of aliphatic carboxylic acids is 1. The van der Waals surface area contributed by atoms with Crippen LogP contribution in [0.5, 0.6) is 0 Å². The van der Waals surface area contributed by atoms with E-state index in [1.807, 2.05) is 30.3 Å². The smallest absolute Gasteiger partial charge is 0.312 e. The van der Waals surface area contributed by atoms with E-state index in [2.05, 4.69) is 4.90 Å². The number of likely N-dealkylation sites (tertiary alicyclic amines) is 1. The van der Waals surface area contributed by atoms with E-state index in [0.29, 0.717) is 32.8 Å². The fourth-order valence-electron chi connectivity index (χ4n) is 4.00. The Morgan fingerprint density at radius 2 is 2.00 bits per heavy atom. The highest BCUT2D eigenvalue weighted by molar-refractivity contribution is 7.88. The Labute approximate surface area is 154 Å². The van der Waals surface area contributed by atoms with Crippen LogP contribution in [0.1, 0.15) is 12.0 Å². The highest BCUT2D eigenvalue weighted by Gasteiger charge is 2.58. The first kappa shape index (κ1) is 19.3. The molecule has 0 spiro atoms. The van der Waals surface area contributed by atoms with Crippen molar-refractivity contribution >= 4 is 16.0 Å². The first-order valence-corrected chi connectivity index (χ1v) is 10.7. The lowest BCUT2D eigenvalue weighted by atomic mass is 9.81. The Kier molecular flexibility index (Phi) is 5.67. The summed E-state index contributed by atoms with van der Waals surface area (Å²) in [6.45, 7) is 3.35. The molecule has 2 aliphatic rings. The van der Waals surface area contributed by atoms with Gasteiger partial charge in [-0.2, -0.15) is 0 Å². The summed E-state index contributed by atoms with van der Waals surface area (Å²) in [5.74, 6) is -1.04. The van der Waals surface area contributed by atoms with E-state index in [1.165, 1.54) is 4.31 Å². The number of fused-ring (bicyclic) bond motifs is 1. The van der Waals surface area contributed by atoms with Gasteiger partial charge < -0.3 is 14.7 Å². The van der Waals surface area contributed by atoms with Gasteiger partial charge in [0.2, 0.25) is 10.0 Å². The number of nitrogens with zero attached hydrogens (tertiary/aromatic N) is 2. The Morgan fingerprint density at radius 3 is 2.62 bits per heavy atom. The van der Waals surface area contributed by atoms with Crippen LogP contribution in [-0.2, 0) is 26.2 Å². The van der Waals surface area contributed by atoms with Crippen molar-refractivity contribution in [3.05, 3.63) is 35.9 Å². The van der Waals surface area contributed by atoms with E-state index in [4.69, 9.17) is 4.74 Å². The molecule has 0 aliphatic carbocycles. The molecular formula is C18H26N2O5S. The molecule has 0 amide bonds. The number of hydrogen-bond donors (Lipinski definition) is 1. The second-order valence-corrected chi connectivity index (χ2v) is 9.32. The molecule has 0 unspecified atom stereocenters. The quantitative estimate of drug-likeness (QED) is 0.672. The predicted molar refractivity (Wildman–Crippen MR) is 97.1 cm³/mol. The van der Waals surface area contributed by atoms with E-state index in [1.54, 1.807) is 0 Å². The number of sulfonamides is 1. The van der Waals surface area contributed by atoms with Crippen LogP contribution in [0.25, 0.3) is 0 Å². The summed E-state index contributed by atoms with van der Waals surface area (Å²) in [7, 11) is -3.35. The topological polar surface area (TPSA) is 87.2 Å². The second kappa shape index (κ2) is 7.64. The minimum atomic E-state index is -3.35. The lowest BCUT2D eigenvalue weighted by Crippen LogP contribution is -2.42. The molecule has 2 atom stereocenters. The van der Waals surface area contributed by atoms with Crippen molar-refractivity contribution in [2.75, 3.05) is 45.6 Å². The van der Waals surface area contributed by atoms with Crippen LogP contribution >= 0.6 is 0 Å². The lowest BCUT2D eigenvalue weighted by Gasteiger charge is -2.24. The molecule has 0 radical (unpaired) electrons. The molecule has 0 saturated carbocycles. The molecule has 1 aromatic carbocycles. The van der Waals surface area contributed by atoms with E-state index in [9.17, 15) is 18.3 Å². The normalized spacial score (nSPS) is 26.9. The summed E-state index contributed by atoms with van der Waals surface area (Å²) in [6, 6.07) is 9.97. The molecule has 0 aromatic heterocycles. The van der Waals surface area contributed by atoms with Crippen LogP contribution in [-0.4, -0.2) is 74.3 Å². The summed E-state index contributed by atoms with van der Waals surface area (Å²) in [5, 5.41) is 9.74. The zero-order valence-electron chi connectivity index (χ0n) is 15.0. The molecule has 2 saturated heterocycles. The molecule has 0 bridgehead atoms. The van der Waals surface area contributed by atoms with Crippen molar-refractivity contribution in [2.45, 2.75) is 13.0 Å². The van der Waals surface area contributed by atoms with Crippen LogP contribution in [0, 0.1) is 11.3 Å². The number of ether oxygens (including phenoxy) is 1. The van der Waals surface area contributed by atoms with Gasteiger partial charge in [0, 0.05) is 45.2 Å². The Morgan fingerprint density at radius 1 is 1.27 bits per heavy atom. The summed E-state index contributed by atoms with van der Waals surface area (Å²) < 4.78 is 30.5. The summed E-state index contributed by atoms with van der Waals surface area (Å²) in [5.41, 5.74) is 0.155. The maximum absolute atomic E-state index is 11.9. The van der Waals surface area contributed by atoms with Gasteiger partial charge >= 0.3 is 5.97 Å². The zero-order valence-corrected chi connectivity index (χ0v) is 15.8. The monoisotopic (exact) mass is 382 g/mol. The summed E-state index contributed by atoms with van der Waals surface area (Å²) >= 11 is 0. The maximum atomic E-state index is 11.9. The highest BCUT2D eigenvalue weighted by Crippen LogP contribution is 2.43. The van der Waals surface area contributed by atoms with E-state index < -0.39 is 21.4 Å². The number of carboxylic acid groups (broad SMARTS) is 1. The Balaban J connectivity index is 1.47. The van der Waals surface area contributed by atoms with Gasteiger partial charge in [0.1, 0.15) is 0 Å². The second-order valence-electron chi connectivity index (χ2n) is 7.34. The van der Waals surface area contributed by atoms with Gasteiger partial charge in [-0.25, -0.2) is 12.7 Å². The predicted octanol–water partition coefficient (Wildman–Crippen LogP) is 0.871. The average molecular weight is 382 g/mol. The molecule has 2 heterocycles. The van der Waals surface area contributed by atoms with Gasteiger partial charge in [0.15, 0.2) is 0 Å². The fourth-order valence-corrected chi connectivity index (χ4v) is 4.92. The van der Waals surface area contributed by atoms with Gasteiger partial charge in [-0.1, -0.05) is 30.3 Å². The van der Waals surface area contributed by atoms with Crippen LogP contribution in [0.2, 0.25) is 0 Å². The van der Waals surface area contributed by atoms with Crippen molar-refractivity contribution in [1.82, 2.24) is 9.21 Å². The van der Waals surface area contributed by atoms with Crippen molar-refractivity contribution in [3.8, 4) is 0 Å². The zero-order chi connectivity index (χ0) is 18.8. The highest BCUT2D eigenvalue weighted by atomic mass is 32.2. The van der Waals surface area contributed by atoms with Crippen LogP contribution in [0.3, 0.4) is 0 Å². The SMILES string of the molecule is CS(=O)(=O)N1C[C@H]2CN(CCCOCc3ccccc3)C[C@@]2(C(=O)O)C1. The Hall–Kier alpha value is -1.48. The van der Waals surface area contributed by atoms with Crippen LogP contribution < -0.4 is 0 Å². The standard InChI is InChI=1S/C18H26N2O5S/c1-26(23,24)20-11-16-10-19(13-18(16,14-20)17(21)22)8-5-9-25-12-15-6-3-2-4-7-15/h2-4,6-7,16H,5,8-14H2,1H3,(H,21,22)/t16-,18-/m1/s1. The molecule has 7 nitrogen and oxygen atoms in total. The van der Waals surface area contributed by atoms with Crippen molar-refractivity contribution in [1.29, 1.82) is 0 Å².